The molecule has 0 atom stereocenters. The van der Waals surface area contributed by atoms with E-state index in [4.69, 9.17) is 4.55 Å². The maximum atomic E-state index is 10.2. The molecule has 4 nitrogen and oxygen atoms in total. The molecule has 0 bridgehead atoms. The summed E-state index contributed by atoms with van der Waals surface area (Å²) in [6.45, 7) is 3.59. The highest BCUT2D eigenvalue weighted by Gasteiger charge is 2.03. The normalized spacial score (nSPS) is 12.4. The molecule has 0 aliphatic heterocycles. The minimum atomic E-state index is -3.75. The van der Waals surface area contributed by atoms with Crippen LogP contribution in [-0.2, 0) is 10.1 Å². The van der Waals surface area contributed by atoms with E-state index in [9.17, 15) is 8.42 Å². The molecular weight excluding hydrogens is 166 g/mol. The Kier molecular flexibility index (Phi) is 4.63. The van der Waals surface area contributed by atoms with Crippen LogP contribution < -0.4 is 0 Å². The van der Waals surface area contributed by atoms with Crippen LogP contribution in [0.15, 0.2) is 0 Å². The van der Waals surface area contributed by atoms with Crippen molar-refractivity contribution in [2.45, 2.75) is 13.3 Å². The van der Waals surface area contributed by atoms with Crippen LogP contribution in [0.25, 0.3) is 0 Å². The first kappa shape index (κ1) is 10.9. The first-order chi connectivity index (χ1) is 4.95. The molecule has 1 N–H and O–H groups in total. The molecule has 0 spiro atoms. The standard InChI is InChI=1S/C6H15NO3S/c1-3-7(2)5-4-6-11(8,9)10/h3-6H2,1-2H3,(H,8,9,10). The second-order valence-corrected chi connectivity index (χ2v) is 4.11. The minimum Gasteiger partial charge on any atom is -0.307 e. The largest absolute Gasteiger partial charge is 0.307 e. The summed E-state index contributed by atoms with van der Waals surface area (Å²) in [7, 11) is -1.85. The number of nitrogens with zero attached hydrogens (tertiary/aromatic N) is 1. The Morgan fingerprint density at radius 3 is 2.36 bits per heavy atom. The van der Waals surface area contributed by atoms with Gasteiger partial charge in [0.1, 0.15) is 0 Å². The molecule has 0 aromatic rings. The maximum Gasteiger partial charge on any atom is 0.264 e. The Labute approximate surface area is 68.0 Å². The SMILES string of the molecule is CCN(C)CCCS(=O)(=O)O. The monoisotopic (exact) mass is 181 g/mol. The summed E-state index contributed by atoms with van der Waals surface area (Å²) in [4.78, 5) is 1.99. The highest BCUT2D eigenvalue weighted by molar-refractivity contribution is 7.85. The van der Waals surface area contributed by atoms with E-state index in [1.807, 2.05) is 18.9 Å². The highest BCUT2D eigenvalue weighted by Crippen LogP contribution is 1.90. The van der Waals surface area contributed by atoms with E-state index in [1.54, 1.807) is 0 Å². The van der Waals surface area contributed by atoms with Crippen LogP contribution in [0, 0.1) is 0 Å². The Morgan fingerprint density at radius 2 is 2.00 bits per heavy atom. The molecule has 0 unspecified atom stereocenters. The predicted molar refractivity (Wildman–Crippen MR) is 44.2 cm³/mol. The van der Waals surface area contributed by atoms with Gasteiger partial charge in [-0.15, -0.1) is 0 Å². The van der Waals surface area contributed by atoms with Crippen molar-refractivity contribution in [3.63, 3.8) is 0 Å². The van der Waals surface area contributed by atoms with Crippen LogP contribution >= 0.6 is 0 Å². The van der Waals surface area contributed by atoms with Crippen molar-refractivity contribution in [3.8, 4) is 0 Å². The van der Waals surface area contributed by atoms with Crippen LogP contribution in [-0.4, -0.2) is 43.8 Å². The van der Waals surface area contributed by atoms with Gasteiger partial charge in [0, 0.05) is 0 Å². The number of hydrogen-bond donors (Lipinski definition) is 1. The average molecular weight is 181 g/mol. The molecule has 0 amide bonds. The second-order valence-electron chi connectivity index (χ2n) is 2.54. The molecule has 5 heteroatoms. The zero-order valence-electron chi connectivity index (χ0n) is 6.95. The number of hydrogen-bond acceptors (Lipinski definition) is 3. The van der Waals surface area contributed by atoms with Crippen molar-refractivity contribution in [1.82, 2.24) is 4.90 Å². The lowest BCUT2D eigenvalue weighted by Gasteiger charge is -2.11. The quantitative estimate of drug-likeness (QED) is 0.616. The van der Waals surface area contributed by atoms with E-state index in [0.29, 0.717) is 13.0 Å². The Hall–Kier alpha value is -0.130. The fraction of sp³-hybridized carbons (Fsp3) is 1.00. The second kappa shape index (κ2) is 4.69. The van der Waals surface area contributed by atoms with Gasteiger partial charge in [0.2, 0.25) is 0 Å². The summed E-state index contributed by atoms with van der Waals surface area (Å²) in [5, 5.41) is 0. The lowest BCUT2D eigenvalue weighted by molar-refractivity contribution is 0.352. The molecule has 0 fully saturated rings. The Balaban J connectivity index is 3.43. The highest BCUT2D eigenvalue weighted by atomic mass is 32.2. The van der Waals surface area contributed by atoms with Gasteiger partial charge in [-0.3, -0.25) is 4.55 Å². The third-order valence-corrected chi connectivity index (χ3v) is 2.29. The van der Waals surface area contributed by atoms with Gasteiger partial charge in [0.05, 0.1) is 5.75 Å². The Morgan fingerprint density at radius 1 is 1.45 bits per heavy atom. The van der Waals surface area contributed by atoms with E-state index in [1.165, 1.54) is 0 Å². The molecular formula is C6H15NO3S. The van der Waals surface area contributed by atoms with Crippen molar-refractivity contribution in [2.75, 3.05) is 25.9 Å². The lowest BCUT2D eigenvalue weighted by Crippen LogP contribution is -2.21. The predicted octanol–water partition coefficient (Wildman–Crippen LogP) is 0.216. The molecule has 0 aliphatic carbocycles. The average Bonchev–Trinajstić information content (AvgIpc) is 1.85. The van der Waals surface area contributed by atoms with Gasteiger partial charge in [0.15, 0.2) is 0 Å². The van der Waals surface area contributed by atoms with Crippen molar-refractivity contribution < 1.29 is 13.0 Å². The van der Waals surface area contributed by atoms with Crippen LogP contribution in [0.3, 0.4) is 0 Å². The van der Waals surface area contributed by atoms with Gasteiger partial charge in [-0.2, -0.15) is 8.42 Å². The van der Waals surface area contributed by atoms with Gasteiger partial charge in [0.25, 0.3) is 10.1 Å². The van der Waals surface area contributed by atoms with Crippen LogP contribution in [0.2, 0.25) is 0 Å². The van der Waals surface area contributed by atoms with Gasteiger partial charge in [-0.25, -0.2) is 0 Å². The third-order valence-electron chi connectivity index (χ3n) is 1.48. The summed E-state index contributed by atoms with van der Waals surface area (Å²) in [6.07, 6.45) is 0.489. The summed E-state index contributed by atoms with van der Waals surface area (Å²) >= 11 is 0. The molecule has 11 heavy (non-hydrogen) atoms. The van der Waals surface area contributed by atoms with Crippen LogP contribution in [0.4, 0.5) is 0 Å². The number of rotatable bonds is 5. The molecule has 0 radical (unpaired) electrons. The molecule has 68 valence electrons. The zero-order valence-corrected chi connectivity index (χ0v) is 7.76. The minimum absolute atomic E-state index is 0.142. The molecule has 0 saturated carbocycles. The van der Waals surface area contributed by atoms with E-state index in [0.717, 1.165) is 6.54 Å². The molecule has 0 saturated heterocycles. The molecule has 0 aromatic heterocycles. The lowest BCUT2D eigenvalue weighted by atomic mass is 10.4. The van der Waals surface area contributed by atoms with Crippen molar-refractivity contribution in [3.05, 3.63) is 0 Å². The van der Waals surface area contributed by atoms with Gasteiger partial charge < -0.3 is 4.90 Å². The van der Waals surface area contributed by atoms with Gasteiger partial charge in [-0.05, 0) is 26.6 Å². The molecule has 0 aromatic carbocycles. The summed E-state index contributed by atoms with van der Waals surface area (Å²) < 4.78 is 28.8. The van der Waals surface area contributed by atoms with Crippen molar-refractivity contribution in [2.24, 2.45) is 0 Å². The first-order valence-corrected chi connectivity index (χ1v) is 5.20. The fourth-order valence-electron chi connectivity index (χ4n) is 0.675. The molecule has 0 heterocycles. The van der Waals surface area contributed by atoms with Gasteiger partial charge in [-0.1, -0.05) is 6.92 Å². The maximum absolute atomic E-state index is 10.2. The first-order valence-electron chi connectivity index (χ1n) is 3.59. The Bertz CT molecular complexity index is 188. The van der Waals surface area contributed by atoms with Crippen LogP contribution in [0.5, 0.6) is 0 Å². The zero-order chi connectivity index (χ0) is 8.91. The summed E-state index contributed by atoms with van der Waals surface area (Å²) in [6, 6.07) is 0. The topological polar surface area (TPSA) is 57.6 Å². The molecule has 0 rings (SSSR count). The van der Waals surface area contributed by atoms with E-state index in [-0.39, 0.29) is 5.75 Å². The summed E-state index contributed by atoms with van der Waals surface area (Å²) in [5.41, 5.74) is 0. The van der Waals surface area contributed by atoms with E-state index < -0.39 is 10.1 Å². The summed E-state index contributed by atoms with van der Waals surface area (Å²) in [5.74, 6) is -0.142. The fourth-order valence-corrected chi connectivity index (χ4v) is 1.17. The smallest absolute Gasteiger partial charge is 0.264 e. The van der Waals surface area contributed by atoms with E-state index in [2.05, 4.69) is 0 Å². The third kappa shape index (κ3) is 7.77. The van der Waals surface area contributed by atoms with Crippen LogP contribution in [0.1, 0.15) is 13.3 Å². The van der Waals surface area contributed by atoms with Crippen molar-refractivity contribution in [1.29, 1.82) is 0 Å². The van der Waals surface area contributed by atoms with E-state index >= 15 is 0 Å². The molecule has 0 aliphatic rings. The van der Waals surface area contributed by atoms with Crippen molar-refractivity contribution >= 4 is 10.1 Å². The van der Waals surface area contributed by atoms with Gasteiger partial charge >= 0.3 is 0 Å².